The fourth-order valence-electron chi connectivity index (χ4n) is 0.616. The van der Waals surface area contributed by atoms with Crippen LogP contribution in [0.25, 0.3) is 0 Å². The van der Waals surface area contributed by atoms with E-state index >= 15 is 0 Å². The first-order valence-corrected chi connectivity index (χ1v) is 2.70. The van der Waals surface area contributed by atoms with Crippen molar-refractivity contribution in [2.45, 2.75) is 0 Å². The largest absolute Gasteiger partial charge is 0.298 e. The molecule has 0 amide bonds. The number of aromatic nitrogens is 1. The molecule has 9 heavy (non-hydrogen) atoms. The summed E-state index contributed by atoms with van der Waals surface area (Å²) < 4.78 is 0. The fourth-order valence-corrected chi connectivity index (χ4v) is 0.616. The molecule has 44 valence electrons. The molecule has 1 rings (SSSR count). The van der Waals surface area contributed by atoms with Crippen molar-refractivity contribution in [3.05, 3.63) is 24.0 Å². The first kappa shape index (κ1) is 6.01. The Morgan fingerprint density at radius 2 is 2.44 bits per heavy atom. The predicted molar refractivity (Wildman–Crippen MR) is 37.8 cm³/mol. The van der Waals surface area contributed by atoms with Crippen LogP contribution < -0.4 is 5.46 Å². The van der Waals surface area contributed by atoms with E-state index in [0.717, 1.165) is 11.7 Å². The van der Waals surface area contributed by atoms with E-state index in [1.54, 1.807) is 18.5 Å². The zero-order valence-electron chi connectivity index (χ0n) is 5.16. The second kappa shape index (κ2) is 2.44. The molecule has 2 nitrogen and oxygen atoms in total. The Labute approximate surface area is 54.3 Å². The molecule has 1 aromatic heterocycles. The van der Waals surface area contributed by atoms with Gasteiger partial charge in [-0.3, -0.25) is 9.78 Å². The van der Waals surface area contributed by atoms with E-state index in [-0.39, 0.29) is 0 Å². The van der Waals surface area contributed by atoms with Crippen LogP contribution in [0, 0.1) is 0 Å². The van der Waals surface area contributed by atoms with E-state index in [1.807, 2.05) is 7.85 Å². The molecule has 0 bridgehead atoms. The van der Waals surface area contributed by atoms with Crippen LogP contribution in [0.2, 0.25) is 0 Å². The lowest BCUT2D eigenvalue weighted by atomic mass is 9.94. The molecule has 0 saturated carbocycles. The van der Waals surface area contributed by atoms with Gasteiger partial charge in [0.15, 0.2) is 0 Å². The van der Waals surface area contributed by atoms with Gasteiger partial charge in [0.25, 0.3) is 0 Å². The minimum Gasteiger partial charge on any atom is -0.298 e. The zero-order valence-corrected chi connectivity index (χ0v) is 5.16. The second-order valence-corrected chi connectivity index (χ2v) is 1.85. The van der Waals surface area contributed by atoms with Gasteiger partial charge in [-0.2, -0.15) is 0 Å². The molecule has 0 radical (unpaired) electrons. The number of carbonyl (C=O) groups is 1. The van der Waals surface area contributed by atoms with Gasteiger partial charge in [-0.25, -0.2) is 0 Å². The Bertz CT molecular complexity index is 224. The highest BCUT2D eigenvalue weighted by Crippen LogP contribution is 1.84. The molecule has 0 saturated heterocycles. The van der Waals surface area contributed by atoms with Crippen LogP contribution in [0.5, 0.6) is 0 Å². The molecule has 0 aliphatic heterocycles. The summed E-state index contributed by atoms with van der Waals surface area (Å²) in [4.78, 5) is 14.0. The Morgan fingerprint density at radius 3 is 2.89 bits per heavy atom. The van der Waals surface area contributed by atoms with Crippen LogP contribution in [-0.4, -0.2) is 19.1 Å². The predicted octanol–water partition coefficient (Wildman–Crippen LogP) is -0.847. The van der Waals surface area contributed by atoms with E-state index < -0.39 is 0 Å². The van der Waals surface area contributed by atoms with Crippen molar-refractivity contribution in [1.82, 2.24) is 4.98 Å². The van der Waals surface area contributed by atoms with Crippen molar-refractivity contribution < 1.29 is 4.79 Å². The standard InChI is InChI=1S/C6H6BNO/c7-6-3-8-2-1-5(6)4-9/h1-4H,7H2. The molecule has 1 aromatic rings. The molecule has 0 aliphatic rings. The highest BCUT2D eigenvalue weighted by Gasteiger charge is 1.91. The average Bonchev–Trinajstić information content (AvgIpc) is 1.89. The second-order valence-electron chi connectivity index (χ2n) is 1.85. The molecular weight excluding hydrogens is 113 g/mol. The van der Waals surface area contributed by atoms with Gasteiger partial charge in [-0.1, -0.05) is 5.46 Å². The van der Waals surface area contributed by atoms with Gasteiger partial charge in [0, 0.05) is 18.0 Å². The minimum absolute atomic E-state index is 0.713. The summed E-state index contributed by atoms with van der Waals surface area (Å²) in [5, 5.41) is 0. The average molecular weight is 119 g/mol. The summed E-state index contributed by atoms with van der Waals surface area (Å²) in [5.74, 6) is 0. The number of hydrogen-bond acceptors (Lipinski definition) is 2. The first-order valence-electron chi connectivity index (χ1n) is 2.70. The Morgan fingerprint density at radius 1 is 1.67 bits per heavy atom. The normalized spacial score (nSPS) is 8.89. The van der Waals surface area contributed by atoms with E-state index in [4.69, 9.17) is 0 Å². The molecule has 3 heteroatoms. The third-order valence-electron chi connectivity index (χ3n) is 1.19. The summed E-state index contributed by atoms with van der Waals surface area (Å²) in [5.41, 5.74) is 1.64. The van der Waals surface area contributed by atoms with Crippen LogP contribution in [0.1, 0.15) is 10.4 Å². The van der Waals surface area contributed by atoms with Gasteiger partial charge in [0.05, 0.1) is 0 Å². The highest BCUT2D eigenvalue weighted by molar-refractivity contribution is 6.35. The van der Waals surface area contributed by atoms with Crippen LogP contribution in [-0.2, 0) is 0 Å². The van der Waals surface area contributed by atoms with Crippen LogP contribution in [0.4, 0.5) is 0 Å². The summed E-state index contributed by atoms with van der Waals surface area (Å²) in [7, 11) is 1.86. The summed E-state index contributed by atoms with van der Waals surface area (Å²) in [6.07, 6.45) is 4.11. The molecule has 1 heterocycles. The van der Waals surface area contributed by atoms with Crippen molar-refractivity contribution >= 4 is 19.6 Å². The lowest BCUT2D eigenvalue weighted by molar-refractivity contribution is 0.112. The van der Waals surface area contributed by atoms with E-state index in [1.165, 1.54) is 0 Å². The Balaban J connectivity index is 3.15. The van der Waals surface area contributed by atoms with E-state index in [0.29, 0.717) is 5.56 Å². The van der Waals surface area contributed by atoms with Crippen LogP contribution in [0.3, 0.4) is 0 Å². The third kappa shape index (κ3) is 1.16. The van der Waals surface area contributed by atoms with Crippen molar-refractivity contribution in [2.75, 3.05) is 0 Å². The van der Waals surface area contributed by atoms with Crippen molar-refractivity contribution in [3.63, 3.8) is 0 Å². The number of pyridine rings is 1. The van der Waals surface area contributed by atoms with Crippen molar-refractivity contribution in [1.29, 1.82) is 0 Å². The lowest BCUT2D eigenvalue weighted by Crippen LogP contribution is -2.09. The third-order valence-corrected chi connectivity index (χ3v) is 1.19. The van der Waals surface area contributed by atoms with Crippen molar-refractivity contribution in [2.24, 2.45) is 0 Å². The maximum atomic E-state index is 10.2. The quantitative estimate of drug-likeness (QED) is 0.356. The number of nitrogens with zero attached hydrogens (tertiary/aromatic N) is 1. The molecule has 0 aliphatic carbocycles. The Kier molecular flexibility index (Phi) is 1.63. The Hall–Kier alpha value is -1.12. The number of rotatable bonds is 1. The number of carbonyl (C=O) groups excluding carboxylic acids is 1. The van der Waals surface area contributed by atoms with Crippen LogP contribution in [0.15, 0.2) is 18.5 Å². The summed E-state index contributed by atoms with van der Waals surface area (Å²) in [6, 6.07) is 1.70. The monoisotopic (exact) mass is 119 g/mol. The van der Waals surface area contributed by atoms with Crippen molar-refractivity contribution in [3.8, 4) is 0 Å². The molecule has 0 spiro atoms. The molecule has 0 N–H and O–H groups in total. The highest BCUT2D eigenvalue weighted by atomic mass is 16.1. The van der Waals surface area contributed by atoms with Gasteiger partial charge in [0.1, 0.15) is 14.1 Å². The van der Waals surface area contributed by atoms with E-state index in [9.17, 15) is 4.79 Å². The number of aldehydes is 1. The smallest absolute Gasteiger partial charge is 0.149 e. The maximum Gasteiger partial charge on any atom is 0.149 e. The summed E-state index contributed by atoms with van der Waals surface area (Å²) in [6.45, 7) is 0. The molecule has 0 unspecified atom stereocenters. The van der Waals surface area contributed by atoms with Gasteiger partial charge >= 0.3 is 0 Å². The topological polar surface area (TPSA) is 30.0 Å². The number of hydrogen-bond donors (Lipinski definition) is 0. The molecule has 0 atom stereocenters. The fraction of sp³-hybridized carbons (Fsp3) is 0. The van der Waals surface area contributed by atoms with Gasteiger partial charge in [0.2, 0.25) is 0 Å². The summed E-state index contributed by atoms with van der Waals surface area (Å²) >= 11 is 0. The molecular formula is C6H6BNO. The maximum absolute atomic E-state index is 10.2. The molecule has 0 aromatic carbocycles. The molecule has 0 fully saturated rings. The van der Waals surface area contributed by atoms with E-state index in [2.05, 4.69) is 4.98 Å². The minimum atomic E-state index is 0.713. The van der Waals surface area contributed by atoms with Gasteiger partial charge in [-0.15, -0.1) is 0 Å². The van der Waals surface area contributed by atoms with Gasteiger partial charge in [-0.05, 0) is 6.07 Å². The van der Waals surface area contributed by atoms with Crippen LogP contribution >= 0.6 is 0 Å². The lowest BCUT2D eigenvalue weighted by Gasteiger charge is -1.91. The van der Waals surface area contributed by atoms with Gasteiger partial charge < -0.3 is 0 Å². The SMILES string of the molecule is Bc1cnccc1C=O. The first-order chi connectivity index (χ1) is 4.34. The zero-order chi connectivity index (χ0) is 6.69.